The molecule has 1 saturated heterocycles. The lowest BCUT2D eigenvalue weighted by molar-refractivity contribution is 0.462. The molecule has 6 heteroatoms. The standard InChI is InChI=1S/C14H16ClNO3S/c15-14-12(11-3-1-2-4-13(11)19-14)9-16-10-5-7-20(17,18)8-6-10/h1-4,10,16H,5-9H2. The maximum atomic E-state index is 11.4. The van der Waals surface area contributed by atoms with Crippen molar-refractivity contribution in [3.05, 3.63) is 35.0 Å². The molecule has 0 atom stereocenters. The van der Waals surface area contributed by atoms with Gasteiger partial charge in [-0.15, -0.1) is 0 Å². The van der Waals surface area contributed by atoms with Crippen LogP contribution in [0.4, 0.5) is 0 Å². The van der Waals surface area contributed by atoms with Crippen molar-refractivity contribution in [3.63, 3.8) is 0 Å². The first-order valence-electron chi connectivity index (χ1n) is 6.65. The largest absolute Gasteiger partial charge is 0.444 e. The first kappa shape index (κ1) is 13.9. The molecule has 0 aliphatic carbocycles. The van der Waals surface area contributed by atoms with Crippen LogP contribution >= 0.6 is 11.6 Å². The lowest BCUT2D eigenvalue weighted by atomic mass is 10.1. The zero-order chi connectivity index (χ0) is 14.2. The van der Waals surface area contributed by atoms with Crippen LogP contribution in [-0.2, 0) is 16.4 Å². The molecule has 1 aliphatic heterocycles. The van der Waals surface area contributed by atoms with Crippen molar-refractivity contribution in [1.82, 2.24) is 5.32 Å². The molecule has 108 valence electrons. The summed E-state index contributed by atoms with van der Waals surface area (Å²) < 4.78 is 28.3. The average Bonchev–Trinajstić information content (AvgIpc) is 2.73. The highest BCUT2D eigenvalue weighted by Gasteiger charge is 2.23. The molecule has 2 aromatic rings. The van der Waals surface area contributed by atoms with Gasteiger partial charge in [0.15, 0.2) is 5.22 Å². The van der Waals surface area contributed by atoms with Gasteiger partial charge in [-0.3, -0.25) is 0 Å². The second-order valence-electron chi connectivity index (χ2n) is 5.16. The number of nitrogens with one attached hydrogen (secondary N) is 1. The molecule has 0 bridgehead atoms. The third kappa shape index (κ3) is 2.85. The Balaban J connectivity index is 1.70. The van der Waals surface area contributed by atoms with Gasteiger partial charge in [0.25, 0.3) is 0 Å². The van der Waals surface area contributed by atoms with Gasteiger partial charge < -0.3 is 9.73 Å². The van der Waals surface area contributed by atoms with Crippen molar-refractivity contribution in [3.8, 4) is 0 Å². The van der Waals surface area contributed by atoms with E-state index in [0.29, 0.717) is 24.6 Å². The van der Waals surface area contributed by atoms with Gasteiger partial charge in [-0.25, -0.2) is 8.42 Å². The number of rotatable bonds is 3. The Morgan fingerprint density at radius 2 is 1.95 bits per heavy atom. The summed E-state index contributed by atoms with van der Waals surface area (Å²) in [5.41, 5.74) is 1.72. The fraction of sp³-hybridized carbons (Fsp3) is 0.429. The minimum absolute atomic E-state index is 0.225. The molecule has 0 radical (unpaired) electrons. The Bertz CT molecular complexity index is 709. The molecular formula is C14H16ClNO3S. The van der Waals surface area contributed by atoms with E-state index >= 15 is 0 Å². The van der Waals surface area contributed by atoms with E-state index in [1.165, 1.54) is 0 Å². The van der Waals surface area contributed by atoms with Crippen LogP contribution in [0.2, 0.25) is 5.22 Å². The third-order valence-corrected chi connectivity index (χ3v) is 5.79. The molecular weight excluding hydrogens is 298 g/mol. The quantitative estimate of drug-likeness (QED) is 0.946. The summed E-state index contributed by atoms with van der Waals surface area (Å²) in [5, 5.41) is 4.80. The van der Waals surface area contributed by atoms with Crippen LogP contribution in [0.1, 0.15) is 18.4 Å². The number of furan rings is 1. The molecule has 1 aromatic heterocycles. The predicted molar refractivity (Wildman–Crippen MR) is 79.7 cm³/mol. The SMILES string of the molecule is O=S1(=O)CCC(NCc2c(Cl)oc3ccccc23)CC1. The van der Waals surface area contributed by atoms with Gasteiger partial charge in [0.2, 0.25) is 0 Å². The Morgan fingerprint density at radius 3 is 2.70 bits per heavy atom. The zero-order valence-corrected chi connectivity index (χ0v) is 12.5. The van der Waals surface area contributed by atoms with Crippen LogP contribution in [-0.4, -0.2) is 26.0 Å². The molecule has 1 fully saturated rings. The Labute approximate surface area is 123 Å². The van der Waals surface area contributed by atoms with Crippen LogP contribution < -0.4 is 5.32 Å². The molecule has 0 amide bonds. The van der Waals surface area contributed by atoms with Gasteiger partial charge in [-0.05, 0) is 30.5 Å². The van der Waals surface area contributed by atoms with Crippen molar-refractivity contribution in [2.24, 2.45) is 0 Å². The summed E-state index contributed by atoms with van der Waals surface area (Å²) in [7, 11) is -2.82. The molecule has 4 nitrogen and oxygen atoms in total. The smallest absolute Gasteiger partial charge is 0.199 e. The zero-order valence-electron chi connectivity index (χ0n) is 10.9. The predicted octanol–water partition coefficient (Wildman–Crippen LogP) is 2.75. The first-order valence-corrected chi connectivity index (χ1v) is 8.85. The van der Waals surface area contributed by atoms with Crippen LogP contribution in [0.3, 0.4) is 0 Å². The summed E-state index contributed by atoms with van der Waals surface area (Å²) in [6.45, 7) is 0.598. The van der Waals surface area contributed by atoms with E-state index in [4.69, 9.17) is 16.0 Å². The van der Waals surface area contributed by atoms with Gasteiger partial charge in [0, 0.05) is 23.5 Å². The topological polar surface area (TPSA) is 59.3 Å². The number of halogens is 1. The molecule has 0 saturated carbocycles. The molecule has 1 aromatic carbocycles. The van der Waals surface area contributed by atoms with Crippen LogP contribution in [0.15, 0.2) is 28.7 Å². The minimum Gasteiger partial charge on any atom is -0.444 e. The highest BCUT2D eigenvalue weighted by atomic mass is 35.5. The van der Waals surface area contributed by atoms with E-state index in [0.717, 1.165) is 16.5 Å². The van der Waals surface area contributed by atoms with Gasteiger partial charge in [0.1, 0.15) is 15.4 Å². The lowest BCUT2D eigenvalue weighted by Crippen LogP contribution is -2.37. The van der Waals surface area contributed by atoms with Gasteiger partial charge in [-0.1, -0.05) is 18.2 Å². The molecule has 0 spiro atoms. The summed E-state index contributed by atoms with van der Waals surface area (Å²) in [6.07, 6.45) is 1.32. The molecule has 0 unspecified atom stereocenters. The minimum atomic E-state index is -2.82. The van der Waals surface area contributed by atoms with Gasteiger partial charge in [-0.2, -0.15) is 0 Å². The summed E-state index contributed by atoms with van der Waals surface area (Å²) in [5.74, 6) is 0.537. The highest BCUT2D eigenvalue weighted by Crippen LogP contribution is 2.29. The fourth-order valence-corrected chi connectivity index (χ4v) is 4.32. The van der Waals surface area contributed by atoms with E-state index in [1.807, 2.05) is 24.3 Å². The number of hydrogen-bond acceptors (Lipinski definition) is 4. The van der Waals surface area contributed by atoms with Crippen LogP contribution in [0.25, 0.3) is 11.0 Å². The fourth-order valence-electron chi connectivity index (χ4n) is 2.57. The first-order chi connectivity index (χ1) is 9.55. The molecule has 1 N–H and O–H groups in total. The monoisotopic (exact) mass is 313 g/mol. The van der Waals surface area contributed by atoms with Crippen LogP contribution in [0.5, 0.6) is 0 Å². The van der Waals surface area contributed by atoms with E-state index in [9.17, 15) is 8.42 Å². The number of hydrogen-bond donors (Lipinski definition) is 1. The number of benzene rings is 1. The van der Waals surface area contributed by atoms with Crippen molar-refractivity contribution in [1.29, 1.82) is 0 Å². The Hall–Kier alpha value is -1.04. The number of sulfone groups is 1. The Kier molecular flexibility index (Phi) is 3.75. The molecule has 2 heterocycles. The van der Waals surface area contributed by atoms with Crippen molar-refractivity contribution >= 4 is 32.4 Å². The number of fused-ring (bicyclic) bond motifs is 1. The summed E-state index contributed by atoms with van der Waals surface area (Å²) in [4.78, 5) is 0. The second-order valence-corrected chi connectivity index (χ2v) is 7.80. The summed E-state index contributed by atoms with van der Waals surface area (Å²) >= 11 is 6.13. The molecule has 20 heavy (non-hydrogen) atoms. The van der Waals surface area contributed by atoms with Gasteiger partial charge in [0.05, 0.1) is 11.5 Å². The van der Waals surface area contributed by atoms with Crippen molar-refractivity contribution < 1.29 is 12.8 Å². The van der Waals surface area contributed by atoms with E-state index in [1.54, 1.807) is 0 Å². The van der Waals surface area contributed by atoms with Gasteiger partial charge >= 0.3 is 0 Å². The Morgan fingerprint density at radius 1 is 1.25 bits per heavy atom. The normalized spacial score (nSPS) is 19.4. The summed E-state index contributed by atoms with van der Waals surface area (Å²) in [6, 6.07) is 7.95. The average molecular weight is 314 g/mol. The number of para-hydroxylation sites is 1. The molecule has 3 rings (SSSR count). The van der Waals surface area contributed by atoms with Crippen molar-refractivity contribution in [2.75, 3.05) is 11.5 Å². The maximum absolute atomic E-state index is 11.4. The highest BCUT2D eigenvalue weighted by molar-refractivity contribution is 7.91. The van der Waals surface area contributed by atoms with Crippen LogP contribution in [0, 0.1) is 0 Å². The third-order valence-electron chi connectivity index (χ3n) is 3.77. The van der Waals surface area contributed by atoms with Crippen molar-refractivity contribution in [2.45, 2.75) is 25.4 Å². The van der Waals surface area contributed by atoms with E-state index in [2.05, 4.69) is 5.32 Å². The lowest BCUT2D eigenvalue weighted by Gasteiger charge is -2.22. The van der Waals surface area contributed by atoms with E-state index in [-0.39, 0.29) is 17.5 Å². The molecule has 1 aliphatic rings. The second kappa shape index (κ2) is 5.39. The maximum Gasteiger partial charge on any atom is 0.199 e. The van der Waals surface area contributed by atoms with E-state index < -0.39 is 9.84 Å².